The predicted molar refractivity (Wildman–Crippen MR) is 94.8 cm³/mol. The van der Waals surface area contributed by atoms with Gasteiger partial charge in [-0.1, -0.05) is 89.9 Å². The molecule has 1 amide bonds. The van der Waals surface area contributed by atoms with Gasteiger partial charge in [0.1, 0.15) is 0 Å². The monoisotopic (exact) mass is 313 g/mol. The summed E-state index contributed by atoms with van der Waals surface area (Å²) in [6.07, 6.45) is 21.1. The molecule has 0 rings (SSSR count). The number of nitrogens with two attached hydrogens (primary N) is 1. The lowest BCUT2D eigenvalue weighted by molar-refractivity contribution is -0.118. The van der Waals surface area contributed by atoms with Gasteiger partial charge in [0.15, 0.2) is 0 Å². The summed E-state index contributed by atoms with van der Waals surface area (Å²) >= 11 is 0. The van der Waals surface area contributed by atoms with E-state index in [1.807, 2.05) is 0 Å². The highest BCUT2D eigenvalue weighted by Gasteiger charge is 1.96. The van der Waals surface area contributed by atoms with Crippen LogP contribution in [0.4, 0.5) is 0 Å². The smallest absolute Gasteiger partial charge is 0.217 e. The number of unbranched alkanes of at least 4 members (excludes halogenated alkanes) is 15. The third kappa shape index (κ3) is 19.4. The van der Waals surface area contributed by atoms with Gasteiger partial charge >= 0.3 is 0 Å². The minimum absolute atomic E-state index is 0.162. The lowest BCUT2D eigenvalue weighted by Crippen LogP contribution is -2.09. The molecule has 0 atom stereocenters. The Kier molecular flexibility index (Phi) is 18.0. The average molecular weight is 314 g/mol. The van der Waals surface area contributed by atoms with Crippen LogP contribution >= 0.6 is 0 Å². The molecule has 0 saturated carbocycles. The van der Waals surface area contributed by atoms with Gasteiger partial charge < -0.3 is 10.8 Å². The third-order valence-corrected chi connectivity index (χ3v) is 4.33. The minimum atomic E-state index is -0.162. The third-order valence-electron chi connectivity index (χ3n) is 4.33. The summed E-state index contributed by atoms with van der Waals surface area (Å²) in [6, 6.07) is 0. The molecule has 0 bridgehead atoms. The molecule has 0 unspecified atom stereocenters. The molecule has 0 fully saturated rings. The van der Waals surface area contributed by atoms with E-state index in [1.165, 1.54) is 83.5 Å². The number of primary amides is 1. The van der Waals surface area contributed by atoms with E-state index >= 15 is 0 Å². The Hall–Kier alpha value is -0.570. The Bertz CT molecular complexity index is 231. The molecule has 0 aromatic rings. The van der Waals surface area contributed by atoms with Crippen LogP contribution in [0.1, 0.15) is 109 Å². The lowest BCUT2D eigenvalue weighted by Gasteiger charge is -2.03. The molecular weight excluding hydrogens is 274 g/mol. The van der Waals surface area contributed by atoms with Crippen LogP contribution in [-0.2, 0) is 4.79 Å². The van der Waals surface area contributed by atoms with Crippen LogP contribution in [-0.4, -0.2) is 17.6 Å². The summed E-state index contributed by atoms with van der Waals surface area (Å²) in [5.41, 5.74) is 5.11. The van der Waals surface area contributed by atoms with Gasteiger partial charge in [-0.2, -0.15) is 0 Å². The van der Waals surface area contributed by atoms with E-state index in [-0.39, 0.29) is 5.91 Å². The minimum Gasteiger partial charge on any atom is -0.396 e. The van der Waals surface area contributed by atoms with Crippen molar-refractivity contribution in [3.8, 4) is 0 Å². The second kappa shape index (κ2) is 18.5. The molecule has 0 aliphatic heterocycles. The average Bonchev–Trinajstić information content (AvgIpc) is 2.50. The van der Waals surface area contributed by atoms with E-state index in [0.29, 0.717) is 13.0 Å². The van der Waals surface area contributed by atoms with E-state index in [4.69, 9.17) is 10.8 Å². The number of amides is 1. The van der Waals surface area contributed by atoms with Crippen molar-refractivity contribution >= 4 is 5.91 Å². The van der Waals surface area contributed by atoms with Crippen molar-refractivity contribution < 1.29 is 9.90 Å². The highest BCUT2D eigenvalue weighted by atomic mass is 16.2. The number of carbonyl (C=O) groups excluding carboxylic acids is 1. The standard InChI is InChI=1S/C19H39NO2/c20-19(22)17-15-13-11-9-7-5-3-1-2-4-6-8-10-12-14-16-18-21/h21H,1-18H2,(H2,20,22). The Morgan fingerprint density at radius 1 is 0.545 bits per heavy atom. The van der Waals surface area contributed by atoms with Crippen molar-refractivity contribution in [2.45, 2.75) is 109 Å². The van der Waals surface area contributed by atoms with Gasteiger partial charge in [0.25, 0.3) is 0 Å². The first-order chi connectivity index (χ1) is 10.8. The first-order valence-electron chi connectivity index (χ1n) is 9.66. The zero-order valence-electron chi connectivity index (χ0n) is 14.7. The van der Waals surface area contributed by atoms with E-state index in [0.717, 1.165) is 19.3 Å². The molecule has 0 aromatic heterocycles. The second-order valence-corrected chi connectivity index (χ2v) is 6.60. The summed E-state index contributed by atoms with van der Waals surface area (Å²) in [5.74, 6) is -0.162. The maximum atomic E-state index is 10.6. The van der Waals surface area contributed by atoms with Gasteiger partial charge in [0.2, 0.25) is 5.91 Å². The zero-order chi connectivity index (χ0) is 16.3. The summed E-state index contributed by atoms with van der Waals surface area (Å²) in [5, 5.41) is 8.68. The lowest BCUT2D eigenvalue weighted by atomic mass is 10.0. The summed E-state index contributed by atoms with van der Waals surface area (Å²) in [6.45, 7) is 0.355. The van der Waals surface area contributed by atoms with Crippen molar-refractivity contribution in [3.63, 3.8) is 0 Å². The first kappa shape index (κ1) is 21.4. The number of aliphatic hydroxyl groups excluding tert-OH is 1. The van der Waals surface area contributed by atoms with Crippen LogP contribution in [0.3, 0.4) is 0 Å². The molecule has 0 heterocycles. The van der Waals surface area contributed by atoms with E-state index in [2.05, 4.69) is 0 Å². The van der Waals surface area contributed by atoms with Crippen LogP contribution in [0.5, 0.6) is 0 Å². The van der Waals surface area contributed by atoms with Crippen LogP contribution in [0, 0.1) is 0 Å². The van der Waals surface area contributed by atoms with Crippen LogP contribution in [0.2, 0.25) is 0 Å². The molecule has 0 aliphatic rings. The van der Waals surface area contributed by atoms with Crippen LogP contribution in [0.25, 0.3) is 0 Å². The topological polar surface area (TPSA) is 63.3 Å². The van der Waals surface area contributed by atoms with Gasteiger partial charge in [0, 0.05) is 13.0 Å². The van der Waals surface area contributed by atoms with Crippen molar-refractivity contribution in [1.29, 1.82) is 0 Å². The van der Waals surface area contributed by atoms with Crippen LogP contribution in [0.15, 0.2) is 0 Å². The van der Waals surface area contributed by atoms with Crippen molar-refractivity contribution in [2.24, 2.45) is 5.73 Å². The maximum Gasteiger partial charge on any atom is 0.217 e. The highest BCUT2D eigenvalue weighted by molar-refractivity contribution is 5.73. The normalized spacial score (nSPS) is 11.0. The molecule has 0 radical (unpaired) electrons. The molecule has 132 valence electrons. The van der Waals surface area contributed by atoms with Gasteiger partial charge in [-0.15, -0.1) is 0 Å². The molecular formula is C19H39NO2. The molecule has 3 nitrogen and oxygen atoms in total. The summed E-state index contributed by atoms with van der Waals surface area (Å²) < 4.78 is 0. The van der Waals surface area contributed by atoms with Crippen molar-refractivity contribution in [2.75, 3.05) is 6.61 Å². The van der Waals surface area contributed by atoms with Crippen molar-refractivity contribution in [3.05, 3.63) is 0 Å². The Labute approximate surface area is 138 Å². The molecule has 0 saturated heterocycles. The number of rotatable bonds is 18. The maximum absolute atomic E-state index is 10.6. The fourth-order valence-electron chi connectivity index (χ4n) is 2.89. The van der Waals surface area contributed by atoms with Gasteiger partial charge in [-0.3, -0.25) is 4.79 Å². The molecule has 3 heteroatoms. The van der Waals surface area contributed by atoms with Gasteiger partial charge in [-0.05, 0) is 12.8 Å². The fraction of sp³-hybridized carbons (Fsp3) is 0.947. The quantitative estimate of drug-likeness (QED) is 0.346. The highest BCUT2D eigenvalue weighted by Crippen LogP contribution is 2.13. The van der Waals surface area contributed by atoms with E-state index in [1.54, 1.807) is 0 Å². The van der Waals surface area contributed by atoms with Gasteiger partial charge in [0.05, 0.1) is 0 Å². The predicted octanol–water partition coefficient (Wildman–Crippen LogP) is 5.10. The molecule has 3 N–H and O–H groups in total. The Morgan fingerprint density at radius 2 is 0.818 bits per heavy atom. The zero-order valence-corrected chi connectivity index (χ0v) is 14.7. The SMILES string of the molecule is NC(=O)CCCCCCCCCCCCCCCCCCO. The summed E-state index contributed by atoms with van der Waals surface area (Å²) in [7, 11) is 0. The number of hydrogen-bond donors (Lipinski definition) is 2. The molecule has 0 aliphatic carbocycles. The van der Waals surface area contributed by atoms with E-state index < -0.39 is 0 Å². The number of aliphatic hydroxyl groups is 1. The second-order valence-electron chi connectivity index (χ2n) is 6.60. The van der Waals surface area contributed by atoms with Gasteiger partial charge in [-0.25, -0.2) is 0 Å². The molecule has 22 heavy (non-hydrogen) atoms. The van der Waals surface area contributed by atoms with Crippen molar-refractivity contribution in [1.82, 2.24) is 0 Å². The largest absolute Gasteiger partial charge is 0.396 e. The number of carbonyl (C=O) groups is 1. The van der Waals surface area contributed by atoms with E-state index in [9.17, 15) is 4.79 Å². The molecule has 0 spiro atoms. The number of hydrogen-bond acceptors (Lipinski definition) is 2. The Balaban J connectivity index is 2.95. The molecule has 0 aromatic carbocycles. The van der Waals surface area contributed by atoms with Crippen LogP contribution < -0.4 is 5.73 Å². The first-order valence-corrected chi connectivity index (χ1v) is 9.66. The fourth-order valence-corrected chi connectivity index (χ4v) is 2.89. The summed E-state index contributed by atoms with van der Waals surface area (Å²) in [4.78, 5) is 10.6. The Morgan fingerprint density at radius 3 is 1.09 bits per heavy atom.